The molecule has 0 unspecified atom stereocenters. The molecule has 0 radical (unpaired) electrons. The van der Waals surface area contributed by atoms with Gasteiger partial charge >= 0.3 is 5.97 Å². The number of rotatable bonds is 0. The maximum absolute atomic E-state index is 11.3. The van der Waals surface area contributed by atoms with Crippen LogP contribution in [0.15, 0.2) is 6.07 Å². The van der Waals surface area contributed by atoms with Gasteiger partial charge in [0.05, 0.1) is 0 Å². The molecule has 0 N–H and O–H groups in total. The third-order valence-electron chi connectivity index (χ3n) is 1.81. The van der Waals surface area contributed by atoms with Crippen molar-refractivity contribution in [3.8, 4) is 11.8 Å². The van der Waals surface area contributed by atoms with Crippen LogP contribution in [0.2, 0.25) is 0 Å². The van der Waals surface area contributed by atoms with E-state index < -0.39 is 11.6 Å². The molecule has 0 aromatic carbocycles. The predicted molar refractivity (Wildman–Crippen MR) is 60.7 cm³/mol. The summed E-state index contributed by atoms with van der Waals surface area (Å²) >= 11 is 0. The summed E-state index contributed by atoms with van der Waals surface area (Å²) in [5.41, 5.74) is 1.06. The minimum Gasteiger partial charge on any atom is -0.450 e. The minimum atomic E-state index is -0.532. The fourth-order valence-corrected chi connectivity index (χ4v) is 1.04. The normalized spacial score (nSPS) is 10.6. The van der Waals surface area contributed by atoms with Crippen molar-refractivity contribution in [3.63, 3.8) is 0 Å². The highest BCUT2D eigenvalue weighted by Gasteiger charge is 2.14. The Morgan fingerprint density at radius 1 is 1.50 bits per heavy atom. The van der Waals surface area contributed by atoms with Crippen molar-refractivity contribution in [1.82, 2.24) is 9.78 Å². The largest absolute Gasteiger partial charge is 0.450 e. The molecule has 1 aromatic heterocycles. The summed E-state index contributed by atoms with van der Waals surface area (Å²) in [6.45, 7) is 7.33. The van der Waals surface area contributed by atoms with Crippen LogP contribution in [0.25, 0.3) is 0 Å². The standard InChI is InChI=1S/C12H16N2O2/c1-9-8-10(13-14(9)5)6-7-11(15)16-12(2,3)4/h8H,1-5H3. The van der Waals surface area contributed by atoms with Crippen molar-refractivity contribution in [2.24, 2.45) is 7.05 Å². The number of aryl methyl sites for hydroxylation is 2. The van der Waals surface area contributed by atoms with Gasteiger partial charge < -0.3 is 4.74 Å². The van der Waals surface area contributed by atoms with E-state index in [9.17, 15) is 4.79 Å². The second-order valence-electron chi connectivity index (χ2n) is 4.55. The Bertz CT molecular complexity index is 436. The van der Waals surface area contributed by atoms with Crippen LogP contribution < -0.4 is 0 Å². The van der Waals surface area contributed by atoms with Gasteiger partial charge in [0.25, 0.3) is 0 Å². The first-order chi connectivity index (χ1) is 7.28. The Labute approximate surface area is 95.6 Å². The van der Waals surface area contributed by atoms with Crippen LogP contribution in [-0.2, 0) is 16.6 Å². The van der Waals surface area contributed by atoms with E-state index in [0.717, 1.165) is 5.69 Å². The molecule has 0 bridgehead atoms. The monoisotopic (exact) mass is 220 g/mol. The summed E-state index contributed by atoms with van der Waals surface area (Å²) in [7, 11) is 1.83. The van der Waals surface area contributed by atoms with Crippen LogP contribution in [0.1, 0.15) is 32.2 Å². The topological polar surface area (TPSA) is 44.1 Å². The lowest BCUT2D eigenvalue weighted by atomic mass is 10.2. The average molecular weight is 220 g/mol. The van der Waals surface area contributed by atoms with Crippen LogP contribution >= 0.6 is 0 Å². The van der Waals surface area contributed by atoms with Crippen molar-refractivity contribution < 1.29 is 9.53 Å². The fourth-order valence-electron chi connectivity index (χ4n) is 1.04. The fraction of sp³-hybridized carbons (Fsp3) is 0.500. The number of aromatic nitrogens is 2. The van der Waals surface area contributed by atoms with Gasteiger partial charge in [-0.25, -0.2) is 4.79 Å². The van der Waals surface area contributed by atoms with E-state index >= 15 is 0 Å². The Morgan fingerprint density at radius 3 is 2.56 bits per heavy atom. The summed E-state index contributed by atoms with van der Waals surface area (Å²) in [6.07, 6.45) is 0. The molecule has 1 heterocycles. The molecule has 4 nitrogen and oxygen atoms in total. The van der Waals surface area contributed by atoms with E-state index in [4.69, 9.17) is 4.74 Å². The molecule has 0 aliphatic carbocycles. The third kappa shape index (κ3) is 3.77. The Balaban J connectivity index is 2.71. The van der Waals surface area contributed by atoms with Gasteiger partial charge in [0.15, 0.2) is 0 Å². The van der Waals surface area contributed by atoms with Crippen LogP contribution in [-0.4, -0.2) is 21.4 Å². The molecule has 0 aliphatic rings. The zero-order valence-corrected chi connectivity index (χ0v) is 10.3. The molecule has 86 valence electrons. The molecule has 0 saturated carbocycles. The van der Waals surface area contributed by atoms with Gasteiger partial charge in [0.2, 0.25) is 0 Å². The molecule has 16 heavy (non-hydrogen) atoms. The Hall–Kier alpha value is -1.76. The first kappa shape index (κ1) is 12.3. The van der Waals surface area contributed by atoms with Gasteiger partial charge in [0.1, 0.15) is 11.3 Å². The second-order valence-corrected chi connectivity index (χ2v) is 4.55. The zero-order chi connectivity index (χ0) is 12.3. The van der Waals surface area contributed by atoms with Gasteiger partial charge in [-0.05, 0) is 39.7 Å². The molecule has 0 fully saturated rings. The Kier molecular flexibility index (Phi) is 3.38. The number of nitrogens with zero attached hydrogens (tertiary/aromatic N) is 2. The van der Waals surface area contributed by atoms with Gasteiger partial charge in [0, 0.05) is 18.7 Å². The van der Waals surface area contributed by atoms with E-state index in [0.29, 0.717) is 5.69 Å². The molecule has 0 amide bonds. The van der Waals surface area contributed by atoms with Crippen LogP contribution in [0.5, 0.6) is 0 Å². The van der Waals surface area contributed by atoms with Crippen molar-refractivity contribution in [3.05, 3.63) is 17.5 Å². The summed E-state index contributed by atoms with van der Waals surface area (Å²) in [5.74, 6) is 4.55. The third-order valence-corrected chi connectivity index (χ3v) is 1.81. The molecular formula is C12H16N2O2. The van der Waals surface area contributed by atoms with Crippen LogP contribution in [0, 0.1) is 18.8 Å². The van der Waals surface area contributed by atoms with Crippen molar-refractivity contribution >= 4 is 5.97 Å². The molecule has 0 spiro atoms. The summed E-state index contributed by atoms with van der Waals surface area (Å²) in [4.78, 5) is 11.3. The second kappa shape index (κ2) is 4.40. The van der Waals surface area contributed by atoms with Crippen LogP contribution in [0.3, 0.4) is 0 Å². The van der Waals surface area contributed by atoms with Crippen molar-refractivity contribution in [2.45, 2.75) is 33.3 Å². The number of esters is 1. The first-order valence-electron chi connectivity index (χ1n) is 5.03. The molecule has 0 saturated heterocycles. The highest BCUT2D eigenvalue weighted by atomic mass is 16.6. The molecule has 0 atom stereocenters. The lowest BCUT2D eigenvalue weighted by Crippen LogP contribution is -2.22. The van der Waals surface area contributed by atoms with Gasteiger partial charge in [-0.2, -0.15) is 5.10 Å². The van der Waals surface area contributed by atoms with Crippen molar-refractivity contribution in [1.29, 1.82) is 0 Å². The first-order valence-corrected chi connectivity index (χ1v) is 5.03. The van der Waals surface area contributed by atoms with E-state index in [1.54, 1.807) is 25.5 Å². The SMILES string of the molecule is Cc1cc(C#CC(=O)OC(C)(C)C)nn1C. The smallest absolute Gasteiger partial charge is 0.385 e. The van der Waals surface area contributed by atoms with E-state index in [-0.39, 0.29) is 0 Å². The van der Waals surface area contributed by atoms with Crippen LogP contribution in [0.4, 0.5) is 0 Å². The quantitative estimate of drug-likeness (QED) is 0.490. The number of hydrogen-bond donors (Lipinski definition) is 0. The van der Waals surface area contributed by atoms with E-state index in [2.05, 4.69) is 16.9 Å². The van der Waals surface area contributed by atoms with E-state index in [1.807, 2.05) is 20.0 Å². The molecule has 1 rings (SSSR count). The highest BCUT2D eigenvalue weighted by Crippen LogP contribution is 2.06. The lowest BCUT2D eigenvalue weighted by Gasteiger charge is -2.16. The van der Waals surface area contributed by atoms with E-state index in [1.165, 1.54) is 0 Å². The summed E-state index contributed by atoms with van der Waals surface area (Å²) in [6, 6.07) is 1.82. The lowest BCUT2D eigenvalue weighted by molar-refractivity contribution is -0.147. The molecule has 4 heteroatoms. The number of hydrogen-bond acceptors (Lipinski definition) is 3. The zero-order valence-electron chi connectivity index (χ0n) is 10.3. The maximum atomic E-state index is 11.3. The summed E-state index contributed by atoms with van der Waals surface area (Å²) < 4.78 is 6.76. The minimum absolute atomic E-state index is 0.508. The maximum Gasteiger partial charge on any atom is 0.385 e. The summed E-state index contributed by atoms with van der Waals surface area (Å²) in [5, 5.41) is 4.11. The number of ether oxygens (including phenoxy) is 1. The predicted octanol–water partition coefficient (Wildman–Crippen LogP) is 1.42. The molecule has 0 aliphatic heterocycles. The van der Waals surface area contributed by atoms with Gasteiger partial charge in [-0.15, -0.1) is 0 Å². The molecule has 1 aromatic rings. The Morgan fingerprint density at radius 2 is 2.12 bits per heavy atom. The molecular weight excluding hydrogens is 204 g/mol. The highest BCUT2D eigenvalue weighted by molar-refractivity contribution is 5.89. The average Bonchev–Trinajstić information content (AvgIpc) is 2.40. The van der Waals surface area contributed by atoms with Gasteiger partial charge in [-0.1, -0.05) is 0 Å². The van der Waals surface area contributed by atoms with Crippen molar-refractivity contribution in [2.75, 3.05) is 0 Å². The van der Waals surface area contributed by atoms with Gasteiger partial charge in [-0.3, -0.25) is 4.68 Å². The number of carbonyl (C=O) groups is 1. The number of carbonyl (C=O) groups excluding carboxylic acids is 1.